The van der Waals surface area contributed by atoms with Gasteiger partial charge in [0.05, 0.1) is 12.7 Å². The molecule has 0 bridgehead atoms. The van der Waals surface area contributed by atoms with E-state index in [1.165, 1.54) is 12.7 Å². The molecular weight excluding hydrogens is 226 g/mol. The Morgan fingerprint density at radius 1 is 1.44 bits per heavy atom. The average Bonchev–Trinajstić information content (AvgIpc) is 2.24. The Balaban J connectivity index is 0.00000128. The highest BCUT2D eigenvalue weighted by Gasteiger charge is 2.27. The molecule has 1 aromatic carbocycles. The zero-order valence-electron chi connectivity index (χ0n) is 9.18. The number of carbonyl (C=O) groups excluding carboxylic acids is 1. The van der Waals surface area contributed by atoms with Gasteiger partial charge < -0.3 is 10.5 Å². The lowest BCUT2D eigenvalue weighted by atomic mass is 9.76. The number of methoxy groups -OCH3 is 1. The van der Waals surface area contributed by atoms with Crippen molar-refractivity contribution in [1.82, 2.24) is 0 Å². The van der Waals surface area contributed by atoms with Gasteiger partial charge in [0.25, 0.3) is 0 Å². The minimum absolute atomic E-state index is 0. The number of nitrogens with two attached hydrogens (primary N) is 1. The van der Waals surface area contributed by atoms with Gasteiger partial charge in [0.15, 0.2) is 0 Å². The first-order valence-corrected chi connectivity index (χ1v) is 5.14. The van der Waals surface area contributed by atoms with Crippen LogP contribution in [0.15, 0.2) is 24.3 Å². The first kappa shape index (κ1) is 13.0. The van der Waals surface area contributed by atoms with E-state index in [1.807, 2.05) is 18.2 Å². The molecule has 1 saturated carbocycles. The van der Waals surface area contributed by atoms with E-state index in [-0.39, 0.29) is 18.4 Å². The third-order valence-corrected chi connectivity index (χ3v) is 2.95. The summed E-state index contributed by atoms with van der Waals surface area (Å²) >= 11 is 0. The van der Waals surface area contributed by atoms with Gasteiger partial charge in [0, 0.05) is 6.04 Å². The summed E-state index contributed by atoms with van der Waals surface area (Å²) in [5.41, 5.74) is 7.55. The van der Waals surface area contributed by atoms with Crippen LogP contribution in [-0.2, 0) is 4.74 Å². The van der Waals surface area contributed by atoms with Gasteiger partial charge in [0.2, 0.25) is 0 Å². The van der Waals surface area contributed by atoms with Crippen LogP contribution in [0.1, 0.15) is 34.7 Å². The summed E-state index contributed by atoms with van der Waals surface area (Å²) in [6, 6.07) is 7.95. The number of rotatable bonds is 2. The molecule has 0 spiro atoms. The van der Waals surface area contributed by atoms with Crippen molar-refractivity contribution in [1.29, 1.82) is 0 Å². The summed E-state index contributed by atoms with van der Waals surface area (Å²) in [6.45, 7) is 0. The number of hydrogen-bond acceptors (Lipinski definition) is 3. The summed E-state index contributed by atoms with van der Waals surface area (Å²) in [4.78, 5) is 11.3. The van der Waals surface area contributed by atoms with Crippen LogP contribution in [0.4, 0.5) is 0 Å². The zero-order valence-corrected chi connectivity index (χ0v) is 10.00. The maximum Gasteiger partial charge on any atom is 0.337 e. The van der Waals surface area contributed by atoms with Crippen molar-refractivity contribution in [3.8, 4) is 0 Å². The quantitative estimate of drug-likeness (QED) is 0.807. The summed E-state index contributed by atoms with van der Waals surface area (Å²) in [7, 11) is 1.40. The topological polar surface area (TPSA) is 52.3 Å². The lowest BCUT2D eigenvalue weighted by Gasteiger charge is -2.32. The summed E-state index contributed by atoms with van der Waals surface area (Å²) in [5.74, 6) is 0.241. The van der Waals surface area contributed by atoms with Crippen LogP contribution >= 0.6 is 12.4 Å². The first-order chi connectivity index (χ1) is 7.20. The predicted octanol–water partition coefficient (Wildman–Crippen LogP) is 2.10. The highest BCUT2D eigenvalue weighted by Crippen LogP contribution is 2.35. The Labute approximate surface area is 101 Å². The van der Waals surface area contributed by atoms with E-state index >= 15 is 0 Å². The number of ether oxygens (including phenoxy) is 1. The van der Waals surface area contributed by atoms with Crippen LogP contribution in [0.5, 0.6) is 0 Å². The first-order valence-electron chi connectivity index (χ1n) is 5.14. The van der Waals surface area contributed by atoms with Gasteiger partial charge >= 0.3 is 5.97 Å². The predicted molar refractivity (Wildman–Crippen MR) is 65.0 cm³/mol. The third-order valence-electron chi connectivity index (χ3n) is 2.95. The van der Waals surface area contributed by atoms with E-state index < -0.39 is 0 Å². The molecule has 2 N–H and O–H groups in total. The van der Waals surface area contributed by atoms with E-state index in [2.05, 4.69) is 4.74 Å². The summed E-state index contributed by atoms with van der Waals surface area (Å²) in [5, 5.41) is 0. The smallest absolute Gasteiger partial charge is 0.337 e. The second kappa shape index (κ2) is 5.32. The number of halogens is 1. The van der Waals surface area contributed by atoms with Crippen LogP contribution in [0, 0.1) is 0 Å². The number of hydrogen-bond donors (Lipinski definition) is 1. The molecule has 1 aromatic rings. The lowest BCUT2D eigenvalue weighted by Crippen LogP contribution is -2.34. The minimum Gasteiger partial charge on any atom is -0.465 e. The Morgan fingerprint density at radius 2 is 2.12 bits per heavy atom. The van der Waals surface area contributed by atoms with Crippen molar-refractivity contribution in [3.63, 3.8) is 0 Å². The van der Waals surface area contributed by atoms with E-state index in [0.29, 0.717) is 17.5 Å². The fourth-order valence-electron chi connectivity index (χ4n) is 1.97. The monoisotopic (exact) mass is 241 g/mol. The Bertz CT molecular complexity index is 375. The lowest BCUT2D eigenvalue weighted by molar-refractivity contribution is 0.0600. The van der Waals surface area contributed by atoms with E-state index in [9.17, 15) is 4.79 Å². The van der Waals surface area contributed by atoms with Crippen LogP contribution in [0.25, 0.3) is 0 Å². The molecule has 0 aliphatic heterocycles. The molecule has 1 aliphatic carbocycles. The Hall–Kier alpha value is -1.06. The largest absolute Gasteiger partial charge is 0.465 e. The van der Waals surface area contributed by atoms with E-state index in [1.54, 1.807) is 6.07 Å². The fraction of sp³-hybridized carbons (Fsp3) is 0.417. The van der Waals surface area contributed by atoms with Crippen LogP contribution in [0.2, 0.25) is 0 Å². The number of esters is 1. The third kappa shape index (κ3) is 2.54. The van der Waals surface area contributed by atoms with Crippen molar-refractivity contribution in [2.45, 2.75) is 24.8 Å². The number of carbonyl (C=O) groups is 1. The van der Waals surface area contributed by atoms with Gasteiger partial charge in [-0.2, -0.15) is 0 Å². The number of benzene rings is 1. The van der Waals surface area contributed by atoms with Crippen molar-refractivity contribution in [3.05, 3.63) is 35.4 Å². The van der Waals surface area contributed by atoms with E-state index in [0.717, 1.165) is 12.8 Å². The van der Waals surface area contributed by atoms with Crippen molar-refractivity contribution >= 4 is 18.4 Å². The highest BCUT2D eigenvalue weighted by molar-refractivity contribution is 5.89. The molecule has 0 atom stereocenters. The maximum atomic E-state index is 11.3. The van der Waals surface area contributed by atoms with Gasteiger partial charge in [-0.05, 0) is 36.5 Å². The van der Waals surface area contributed by atoms with Crippen LogP contribution in [-0.4, -0.2) is 19.1 Å². The fourth-order valence-corrected chi connectivity index (χ4v) is 1.97. The molecule has 0 amide bonds. The molecule has 1 aliphatic rings. The molecule has 1 fully saturated rings. The van der Waals surface area contributed by atoms with Gasteiger partial charge in [-0.25, -0.2) is 4.79 Å². The summed E-state index contributed by atoms with van der Waals surface area (Å²) < 4.78 is 4.68. The second-order valence-electron chi connectivity index (χ2n) is 4.05. The normalized spacial score (nSPS) is 22.9. The molecule has 88 valence electrons. The Kier molecular flexibility index (Phi) is 4.33. The van der Waals surface area contributed by atoms with E-state index in [4.69, 9.17) is 5.73 Å². The average molecular weight is 242 g/mol. The molecule has 0 saturated heterocycles. The Morgan fingerprint density at radius 3 is 2.69 bits per heavy atom. The molecule has 0 unspecified atom stereocenters. The molecule has 0 heterocycles. The van der Waals surface area contributed by atoms with Crippen molar-refractivity contribution in [2.75, 3.05) is 7.11 Å². The molecule has 4 heteroatoms. The molecule has 16 heavy (non-hydrogen) atoms. The zero-order chi connectivity index (χ0) is 10.8. The molecular formula is C12H16ClNO2. The SMILES string of the molecule is COC(=O)c1cccc(C2CC(N)C2)c1.Cl. The molecule has 0 radical (unpaired) electrons. The second-order valence-corrected chi connectivity index (χ2v) is 4.05. The van der Waals surface area contributed by atoms with Crippen LogP contribution < -0.4 is 5.73 Å². The van der Waals surface area contributed by atoms with Crippen molar-refractivity contribution in [2.24, 2.45) is 5.73 Å². The molecule has 0 aromatic heterocycles. The standard InChI is InChI=1S/C12H15NO2.ClH/c1-15-12(14)9-4-2-3-8(5-9)10-6-11(13)7-10;/h2-5,10-11H,6-7,13H2,1H3;1H. The van der Waals surface area contributed by atoms with Gasteiger partial charge in [0.1, 0.15) is 0 Å². The van der Waals surface area contributed by atoms with Crippen LogP contribution in [0.3, 0.4) is 0 Å². The maximum absolute atomic E-state index is 11.3. The minimum atomic E-state index is -0.277. The summed E-state index contributed by atoms with van der Waals surface area (Å²) in [6.07, 6.45) is 2.04. The molecule has 3 nitrogen and oxygen atoms in total. The van der Waals surface area contributed by atoms with Gasteiger partial charge in [-0.3, -0.25) is 0 Å². The van der Waals surface area contributed by atoms with Gasteiger partial charge in [-0.1, -0.05) is 12.1 Å². The highest BCUT2D eigenvalue weighted by atomic mass is 35.5. The van der Waals surface area contributed by atoms with Crippen molar-refractivity contribution < 1.29 is 9.53 Å². The van der Waals surface area contributed by atoms with Gasteiger partial charge in [-0.15, -0.1) is 12.4 Å². The molecule has 2 rings (SSSR count).